The molecule has 0 saturated carbocycles. The minimum Gasteiger partial charge on any atom is -0.345 e. The Morgan fingerprint density at radius 3 is 2.33 bits per heavy atom. The molecule has 3 aromatic carbocycles. The van der Waals surface area contributed by atoms with Crippen LogP contribution in [-0.4, -0.2) is 24.4 Å². The van der Waals surface area contributed by atoms with Crippen molar-refractivity contribution in [2.24, 2.45) is 0 Å². The Labute approximate surface area is 142 Å². The van der Waals surface area contributed by atoms with Crippen LogP contribution >= 0.6 is 0 Å². The molecule has 4 rings (SSSR count). The summed E-state index contributed by atoms with van der Waals surface area (Å²) < 4.78 is 0. The van der Waals surface area contributed by atoms with Crippen LogP contribution in [-0.2, 0) is 16.6 Å². The van der Waals surface area contributed by atoms with E-state index in [2.05, 4.69) is 54.6 Å². The summed E-state index contributed by atoms with van der Waals surface area (Å²) in [5.41, 5.74) is 1.92. The van der Waals surface area contributed by atoms with Crippen LogP contribution in [0.2, 0.25) is 0 Å². The van der Waals surface area contributed by atoms with Crippen molar-refractivity contribution in [2.75, 3.05) is 13.6 Å². The number of amides is 1. The van der Waals surface area contributed by atoms with Crippen molar-refractivity contribution in [1.29, 1.82) is 0 Å². The van der Waals surface area contributed by atoms with Gasteiger partial charge in [0.2, 0.25) is 5.91 Å². The summed E-state index contributed by atoms with van der Waals surface area (Å²) in [6, 6.07) is 25.2. The summed E-state index contributed by atoms with van der Waals surface area (Å²) in [7, 11) is 1.91. The van der Waals surface area contributed by atoms with Crippen molar-refractivity contribution in [3.8, 4) is 0 Å². The van der Waals surface area contributed by atoms with Crippen LogP contribution in [0.3, 0.4) is 0 Å². The van der Waals surface area contributed by atoms with Gasteiger partial charge in [-0.3, -0.25) is 4.79 Å². The number of nitrogens with zero attached hydrogens (tertiary/aromatic N) is 1. The lowest BCUT2D eigenvalue weighted by atomic mass is 9.74. The second-order valence-corrected chi connectivity index (χ2v) is 6.78. The van der Waals surface area contributed by atoms with E-state index in [9.17, 15) is 4.79 Å². The molecule has 1 amide bonds. The normalized spacial score (nSPS) is 20.7. The van der Waals surface area contributed by atoms with Gasteiger partial charge in [-0.2, -0.15) is 0 Å². The van der Waals surface area contributed by atoms with Crippen molar-refractivity contribution in [3.05, 3.63) is 83.9 Å². The Hall–Kier alpha value is -2.61. The number of carbonyl (C=O) groups is 1. The van der Waals surface area contributed by atoms with Crippen LogP contribution in [0, 0.1) is 0 Å². The first-order valence-corrected chi connectivity index (χ1v) is 8.48. The van der Waals surface area contributed by atoms with Gasteiger partial charge in [0.15, 0.2) is 0 Å². The molecule has 2 nitrogen and oxygen atoms in total. The van der Waals surface area contributed by atoms with Gasteiger partial charge < -0.3 is 4.90 Å². The second kappa shape index (κ2) is 5.79. The van der Waals surface area contributed by atoms with Gasteiger partial charge in [-0.05, 0) is 34.7 Å². The topological polar surface area (TPSA) is 20.3 Å². The molecule has 0 bridgehead atoms. The third-order valence-corrected chi connectivity index (χ3v) is 5.28. The molecule has 1 heterocycles. The molecule has 0 spiro atoms. The molecule has 1 fully saturated rings. The number of likely N-dealkylation sites (tertiary alicyclic amines) is 1. The highest BCUT2D eigenvalue weighted by Gasteiger charge is 2.46. The van der Waals surface area contributed by atoms with E-state index in [1.807, 2.05) is 30.1 Å². The standard InChI is InChI=1S/C22H21NO/c1-23-14-13-22(21(23)24,20-9-3-2-4-10-20)16-17-11-12-18-7-5-6-8-19(18)15-17/h2-12,15H,13-14,16H2,1H3/t22-/m1/s1. The summed E-state index contributed by atoms with van der Waals surface area (Å²) in [5.74, 6) is 0.238. The average Bonchev–Trinajstić information content (AvgIpc) is 2.92. The summed E-state index contributed by atoms with van der Waals surface area (Å²) >= 11 is 0. The van der Waals surface area contributed by atoms with E-state index < -0.39 is 5.41 Å². The van der Waals surface area contributed by atoms with Crippen molar-refractivity contribution >= 4 is 16.7 Å². The molecule has 0 aromatic heterocycles. The van der Waals surface area contributed by atoms with E-state index in [1.54, 1.807) is 0 Å². The molecule has 3 aromatic rings. The maximum Gasteiger partial charge on any atom is 0.233 e. The van der Waals surface area contributed by atoms with Gasteiger partial charge in [0.05, 0.1) is 5.41 Å². The Morgan fingerprint density at radius 2 is 1.62 bits per heavy atom. The van der Waals surface area contributed by atoms with Crippen LogP contribution in [0.1, 0.15) is 17.5 Å². The van der Waals surface area contributed by atoms with E-state index in [0.29, 0.717) is 0 Å². The first kappa shape index (κ1) is 14.9. The number of carbonyl (C=O) groups excluding carboxylic acids is 1. The first-order chi connectivity index (χ1) is 11.7. The molecule has 1 aliphatic rings. The van der Waals surface area contributed by atoms with Gasteiger partial charge in [0, 0.05) is 13.6 Å². The lowest BCUT2D eigenvalue weighted by Crippen LogP contribution is -2.38. The summed E-state index contributed by atoms with van der Waals surface area (Å²) in [4.78, 5) is 14.9. The SMILES string of the molecule is CN1CC[C@@](Cc2ccc3ccccc3c2)(c2ccccc2)C1=O. The van der Waals surface area contributed by atoms with Crippen LogP contribution in [0.15, 0.2) is 72.8 Å². The fourth-order valence-corrected chi connectivity index (χ4v) is 3.92. The molecule has 1 atom stereocenters. The van der Waals surface area contributed by atoms with Crippen molar-refractivity contribution in [1.82, 2.24) is 4.90 Å². The highest BCUT2D eigenvalue weighted by atomic mass is 16.2. The quantitative estimate of drug-likeness (QED) is 0.710. The fraction of sp³-hybridized carbons (Fsp3) is 0.227. The van der Waals surface area contributed by atoms with Crippen LogP contribution in [0.4, 0.5) is 0 Å². The lowest BCUT2D eigenvalue weighted by molar-refractivity contribution is -0.131. The molecule has 1 saturated heterocycles. The summed E-state index contributed by atoms with van der Waals surface area (Å²) in [6.45, 7) is 0.821. The Balaban J connectivity index is 1.78. The molecular formula is C22H21NO. The maximum atomic E-state index is 13.0. The predicted octanol–water partition coefficient (Wildman–Crippen LogP) is 4.18. The molecule has 2 heteroatoms. The van der Waals surface area contributed by atoms with Gasteiger partial charge in [0.1, 0.15) is 0 Å². The van der Waals surface area contributed by atoms with E-state index in [4.69, 9.17) is 0 Å². The molecule has 0 aliphatic carbocycles. The van der Waals surface area contributed by atoms with Gasteiger partial charge >= 0.3 is 0 Å². The minimum absolute atomic E-state index is 0.238. The van der Waals surface area contributed by atoms with Crippen molar-refractivity contribution in [3.63, 3.8) is 0 Å². The summed E-state index contributed by atoms with van der Waals surface area (Å²) in [5, 5.41) is 2.47. The second-order valence-electron chi connectivity index (χ2n) is 6.78. The molecule has 120 valence electrons. The van der Waals surface area contributed by atoms with Crippen molar-refractivity contribution < 1.29 is 4.79 Å². The Morgan fingerprint density at radius 1 is 0.917 bits per heavy atom. The van der Waals surface area contributed by atoms with E-state index in [1.165, 1.54) is 16.3 Å². The number of fused-ring (bicyclic) bond motifs is 1. The number of hydrogen-bond acceptors (Lipinski definition) is 1. The Bertz CT molecular complexity index is 887. The van der Waals surface area contributed by atoms with Gasteiger partial charge in [0.25, 0.3) is 0 Å². The van der Waals surface area contributed by atoms with Gasteiger partial charge in [-0.25, -0.2) is 0 Å². The number of benzene rings is 3. The third kappa shape index (κ3) is 2.39. The minimum atomic E-state index is -0.432. The molecule has 1 aliphatic heterocycles. The molecule has 0 unspecified atom stereocenters. The van der Waals surface area contributed by atoms with Crippen LogP contribution in [0.5, 0.6) is 0 Å². The monoisotopic (exact) mass is 315 g/mol. The number of hydrogen-bond donors (Lipinski definition) is 0. The van der Waals surface area contributed by atoms with E-state index >= 15 is 0 Å². The lowest BCUT2D eigenvalue weighted by Gasteiger charge is -2.28. The number of rotatable bonds is 3. The van der Waals surface area contributed by atoms with E-state index in [0.717, 1.165) is 24.9 Å². The highest BCUT2D eigenvalue weighted by molar-refractivity contribution is 5.91. The molecule has 0 radical (unpaired) electrons. The van der Waals surface area contributed by atoms with Crippen LogP contribution in [0.25, 0.3) is 10.8 Å². The summed E-state index contributed by atoms with van der Waals surface area (Å²) in [6.07, 6.45) is 1.63. The predicted molar refractivity (Wildman–Crippen MR) is 98.0 cm³/mol. The van der Waals surface area contributed by atoms with Crippen molar-refractivity contribution in [2.45, 2.75) is 18.3 Å². The highest BCUT2D eigenvalue weighted by Crippen LogP contribution is 2.38. The molecule has 0 N–H and O–H groups in total. The molecule has 24 heavy (non-hydrogen) atoms. The zero-order chi connectivity index (χ0) is 16.6. The largest absolute Gasteiger partial charge is 0.345 e. The number of likely N-dealkylation sites (N-methyl/N-ethyl adjacent to an activating group) is 1. The van der Waals surface area contributed by atoms with Gasteiger partial charge in [-0.1, -0.05) is 72.8 Å². The van der Waals surface area contributed by atoms with E-state index in [-0.39, 0.29) is 5.91 Å². The van der Waals surface area contributed by atoms with Crippen LogP contribution < -0.4 is 0 Å². The third-order valence-electron chi connectivity index (χ3n) is 5.28. The molecular weight excluding hydrogens is 294 g/mol. The smallest absolute Gasteiger partial charge is 0.233 e. The van der Waals surface area contributed by atoms with Gasteiger partial charge in [-0.15, -0.1) is 0 Å². The first-order valence-electron chi connectivity index (χ1n) is 8.48. The zero-order valence-corrected chi connectivity index (χ0v) is 13.9. The average molecular weight is 315 g/mol. The Kier molecular flexibility index (Phi) is 3.61. The zero-order valence-electron chi connectivity index (χ0n) is 13.9. The fourth-order valence-electron chi connectivity index (χ4n) is 3.92. The maximum absolute atomic E-state index is 13.0.